The van der Waals surface area contributed by atoms with Gasteiger partial charge in [0.2, 0.25) is 0 Å². The lowest BCUT2D eigenvalue weighted by Crippen LogP contribution is -2.46. The van der Waals surface area contributed by atoms with Crippen LogP contribution in [0.5, 0.6) is 0 Å². The van der Waals surface area contributed by atoms with Crippen LogP contribution in [0.15, 0.2) is 93.2 Å². The van der Waals surface area contributed by atoms with Crippen LogP contribution in [-0.4, -0.2) is 25.2 Å². The summed E-state index contributed by atoms with van der Waals surface area (Å²) in [5, 5.41) is 11.5. The zero-order valence-electron chi connectivity index (χ0n) is 14.2. The first kappa shape index (κ1) is 14.1. The number of hydrogen-bond acceptors (Lipinski definition) is 4. The van der Waals surface area contributed by atoms with Gasteiger partial charge in [0.25, 0.3) is 0 Å². The van der Waals surface area contributed by atoms with E-state index in [1.165, 1.54) is 33.3 Å². The first-order chi connectivity index (χ1) is 12.9. The average molecular weight is 338 g/mol. The van der Waals surface area contributed by atoms with Gasteiger partial charge in [0.15, 0.2) is 0 Å². The molecule has 2 N–H and O–H groups in total. The van der Waals surface area contributed by atoms with Crippen molar-refractivity contribution in [3.63, 3.8) is 0 Å². The minimum atomic E-state index is 0.0333. The molecule has 4 aliphatic rings. The molecule has 0 spiro atoms. The number of nitrogens with zero attached hydrogens (tertiary/aromatic N) is 2. The summed E-state index contributed by atoms with van der Waals surface area (Å²) in [6.07, 6.45) is 8.79. The van der Waals surface area contributed by atoms with Crippen molar-refractivity contribution in [3.8, 4) is 0 Å². The summed E-state index contributed by atoms with van der Waals surface area (Å²) < 4.78 is 0. The average Bonchev–Trinajstić information content (AvgIpc) is 2.71. The van der Waals surface area contributed by atoms with Crippen molar-refractivity contribution >= 4 is 10.8 Å². The molecule has 0 saturated carbocycles. The van der Waals surface area contributed by atoms with Gasteiger partial charge in [-0.1, -0.05) is 48.6 Å². The lowest BCUT2D eigenvalue weighted by molar-refractivity contribution is 0.574. The Bertz CT molecular complexity index is 1100. The first-order valence-electron chi connectivity index (χ1n) is 9.12. The summed E-state index contributed by atoms with van der Waals surface area (Å²) in [7, 11) is 0. The molecule has 2 unspecified atom stereocenters. The maximum atomic E-state index is 5.15. The molecule has 0 fully saturated rings. The Morgan fingerprint density at radius 2 is 1.23 bits per heavy atom. The number of dihydropyridines is 2. The molecule has 4 heteroatoms. The Hall–Kier alpha value is -3.14. The maximum absolute atomic E-state index is 5.15. The van der Waals surface area contributed by atoms with Gasteiger partial charge in [0.05, 0.1) is 22.1 Å². The van der Waals surface area contributed by atoms with E-state index in [2.05, 4.69) is 71.3 Å². The van der Waals surface area contributed by atoms with Crippen molar-refractivity contribution in [3.05, 3.63) is 94.0 Å². The van der Waals surface area contributed by atoms with Gasteiger partial charge in [-0.05, 0) is 22.9 Å². The molecule has 0 aromatic heterocycles. The summed E-state index contributed by atoms with van der Waals surface area (Å²) in [6, 6.07) is 12.8. The van der Waals surface area contributed by atoms with Crippen LogP contribution in [0.4, 0.5) is 0 Å². The number of fused-ring (bicyclic) bond motifs is 6. The highest BCUT2D eigenvalue weighted by molar-refractivity contribution is 5.82. The van der Waals surface area contributed by atoms with E-state index in [0.717, 1.165) is 23.8 Å². The van der Waals surface area contributed by atoms with E-state index < -0.39 is 0 Å². The van der Waals surface area contributed by atoms with Crippen molar-refractivity contribution in [1.82, 2.24) is 10.6 Å². The van der Waals surface area contributed by atoms with Gasteiger partial charge in [0.1, 0.15) is 12.1 Å². The predicted molar refractivity (Wildman–Crippen MR) is 102 cm³/mol. The van der Waals surface area contributed by atoms with E-state index in [0.29, 0.717) is 0 Å². The van der Waals surface area contributed by atoms with Crippen molar-refractivity contribution < 1.29 is 0 Å². The topological polar surface area (TPSA) is 48.8 Å². The molecule has 2 atom stereocenters. The second kappa shape index (κ2) is 5.18. The summed E-state index contributed by atoms with van der Waals surface area (Å²) in [4.78, 5) is 10.3. The SMILES string of the molecule is C1=CC2=C(NC1)C1=C(C=CCN1)C1N=c3cc4ccccc4cc3=NC21. The Labute approximate surface area is 151 Å². The Morgan fingerprint density at radius 3 is 1.73 bits per heavy atom. The smallest absolute Gasteiger partial charge is 0.104 e. The molecule has 4 nitrogen and oxygen atoms in total. The van der Waals surface area contributed by atoms with Crippen molar-refractivity contribution in [2.75, 3.05) is 13.1 Å². The van der Waals surface area contributed by atoms with Gasteiger partial charge in [-0.15, -0.1) is 0 Å². The molecule has 0 bridgehead atoms. The number of nitrogens with one attached hydrogen (secondary N) is 2. The van der Waals surface area contributed by atoms with Gasteiger partial charge in [0, 0.05) is 24.2 Å². The minimum absolute atomic E-state index is 0.0333. The second-order valence-electron chi connectivity index (χ2n) is 7.06. The van der Waals surface area contributed by atoms with Gasteiger partial charge < -0.3 is 10.6 Å². The maximum Gasteiger partial charge on any atom is 0.104 e. The predicted octanol–water partition coefficient (Wildman–Crippen LogP) is 1.67. The van der Waals surface area contributed by atoms with Crippen LogP contribution >= 0.6 is 0 Å². The van der Waals surface area contributed by atoms with Crippen molar-refractivity contribution in [2.45, 2.75) is 12.1 Å². The fourth-order valence-electron chi connectivity index (χ4n) is 4.37. The molecule has 6 rings (SSSR count). The third kappa shape index (κ3) is 1.90. The summed E-state index contributed by atoms with van der Waals surface area (Å²) in [5.41, 5.74) is 4.86. The second-order valence-corrected chi connectivity index (χ2v) is 7.06. The first-order valence-corrected chi connectivity index (χ1v) is 9.12. The van der Waals surface area contributed by atoms with Crippen molar-refractivity contribution in [1.29, 1.82) is 0 Å². The molecule has 0 saturated heterocycles. The van der Waals surface area contributed by atoms with E-state index in [9.17, 15) is 0 Å². The van der Waals surface area contributed by atoms with Crippen LogP contribution in [0.2, 0.25) is 0 Å². The van der Waals surface area contributed by atoms with Crippen LogP contribution in [-0.2, 0) is 0 Å². The van der Waals surface area contributed by atoms with Crippen LogP contribution in [0.25, 0.3) is 10.8 Å². The number of benzene rings is 2. The fraction of sp³-hybridized carbons (Fsp3) is 0.182. The molecular formula is C22H18N4. The molecule has 0 amide bonds. The molecule has 126 valence electrons. The normalized spacial score (nSPS) is 25.2. The molecule has 3 aliphatic heterocycles. The van der Waals surface area contributed by atoms with E-state index >= 15 is 0 Å². The molecule has 1 aliphatic carbocycles. The molecule has 0 radical (unpaired) electrons. The van der Waals surface area contributed by atoms with Gasteiger partial charge in [-0.3, -0.25) is 9.98 Å². The Kier molecular flexibility index (Phi) is 2.80. The molecule has 2 aromatic carbocycles. The zero-order chi connectivity index (χ0) is 17.1. The van der Waals surface area contributed by atoms with Crippen LogP contribution < -0.4 is 21.3 Å². The highest BCUT2D eigenvalue weighted by atomic mass is 15.0. The van der Waals surface area contributed by atoms with Crippen molar-refractivity contribution in [2.24, 2.45) is 9.98 Å². The van der Waals surface area contributed by atoms with E-state index in [1.807, 2.05) is 0 Å². The zero-order valence-corrected chi connectivity index (χ0v) is 14.2. The van der Waals surface area contributed by atoms with Crippen LogP contribution in [0.3, 0.4) is 0 Å². The summed E-state index contributed by atoms with van der Waals surface area (Å²) in [6.45, 7) is 1.72. The fourth-order valence-corrected chi connectivity index (χ4v) is 4.37. The third-order valence-electron chi connectivity index (χ3n) is 5.55. The number of rotatable bonds is 0. The van der Waals surface area contributed by atoms with Gasteiger partial charge in [-0.25, -0.2) is 0 Å². The lowest BCUT2D eigenvalue weighted by atomic mass is 9.82. The summed E-state index contributed by atoms with van der Waals surface area (Å²) in [5.74, 6) is 0. The van der Waals surface area contributed by atoms with Gasteiger partial charge in [-0.2, -0.15) is 0 Å². The standard InChI is InChI=1S/C22H18N4/c1-2-6-14-12-18-17(11-13(14)5-1)25-21-15-7-3-9-23-19(15)20-16(22(21)26-18)8-4-10-24-20/h1-8,11-12,21-24H,9-10H2. The van der Waals surface area contributed by atoms with E-state index in [4.69, 9.17) is 9.98 Å². The van der Waals surface area contributed by atoms with Crippen LogP contribution in [0.1, 0.15) is 0 Å². The van der Waals surface area contributed by atoms with Crippen LogP contribution in [0, 0.1) is 0 Å². The summed E-state index contributed by atoms with van der Waals surface area (Å²) >= 11 is 0. The molecular weight excluding hydrogens is 320 g/mol. The van der Waals surface area contributed by atoms with Gasteiger partial charge >= 0.3 is 0 Å². The molecule has 3 heterocycles. The van der Waals surface area contributed by atoms with E-state index in [-0.39, 0.29) is 12.1 Å². The largest absolute Gasteiger partial charge is 0.380 e. The third-order valence-corrected chi connectivity index (χ3v) is 5.55. The lowest BCUT2D eigenvalue weighted by Gasteiger charge is -2.37. The highest BCUT2D eigenvalue weighted by Crippen LogP contribution is 2.36. The monoisotopic (exact) mass is 338 g/mol. The Morgan fingerprint density at radius 1 is 0.731 bits per heavy atom. The Balaban J connectivity index is 1.65. The minimum Gasteiger partial charge on any atom is -0.380 e. The number of hydrogen-bond donors (Lipinski definition) is 2. The molecule has 2 aromatic rings. The molecule has 26 heavy (non-hydrogen) atoms. The highest BCUT2D eigenvalue weighted by Gasteiger charge is 2.38. The quantitative estimate of drug-likeness (QED) is 0.768. The van der Waals surface area contributed by atoms with E-state index in [1.54, 1.807) is 0 Å².